The summed E-state index contributed by atoms with van der Waals surface area (Å²) >= 11 is 0. The van der Waals surface area contributed by atoms with Gasteiger partial charge < -0.3 is 15.0 Å². The third kappa shape index (κ3) is 5.73. The highest BCUT2D eigenvalue weighted by atomic mass is 19.1. The first-order chi connectivity index (χ1) is 15.5. The minimum absolute atomic E-state index is 0.0166. The highest BCUT2D eigenvalue weighted by molar-refractivity contribution is 5.83. The fraction of sp³-hybridized carbons (Fsp3) is 0.542. The van der Waals surface area contributed by atoms with E-state index in [-0.39, 0.29) is 18.5 Å². The summed E-state index contributed by atoms with van der Waals surface area (Å²) in [5.74, 6) is 0.741. The van der Waals surface area contributed by atoms with Gasteiger partial charge in [0.05, 0.1) is 31.9 Å². The molecule has 1 N–H and O–H groups in total. The van der Waals surface area contributed by atoms with Gasteiger partial charge in [-0.1, -0.05) is 0 Å². The Labute approximate surface area is 190 Å². The number of aliphatic imine (C=N–C) groups is 2. The molecule has 0 bridgehead atoms. The zero-order chi connectivity index (χ0) is 23.1. The van der Waals surface area contributed by atoms with E-state index in [1.54, 1.807) is 25.3 Å². The summed E-state index contributed by atoms with van der Waals surface area (Å²) in [5, 5.41) is 3.60. The van der Waals surface area contributed by atoms with Crippen LogP contribution in [0.2, 0.25) is 0 Å². The molecule has 2 heterocycles. The molecule has 0 aliphatic carbocycles. The molecule has 2 saturated heterocycles. The molecule has 1 aromatic rings. The van der Waals surface area contributed by atoms with Crippen LogP contribution in [-0.4, -0.2) is 87.2 Å². The van der Waals surface area contributed by atoms with Crippen molar-refractivity contribution in [3.05, 3.63) is 29.8 Å². The first kappa shape index (κ1) is 23.9. The normalized spacial score (nSPS) is 23.0. The van der Waals surface area contributed by atoms with E-state index < -0.39 is 6.17 Å². The molecule has 1 aromatic carbocycles. The first-order valence-electron chi connectivity index (χ1n) is 11.1. The Hall–Kier alpha value is -2.74. The number of anilines is 1. The van der Waals surface area contributed by atoms with E-state index in [4.69, 9.17) is 4.74 Å². The number of benzene rings is 1. The number of carbonyl (C=O) groups is 1. The number of carbonyl (C=O) groups excluding carboxylic acids is 1. The van der Waals surface area contributed by atoms with E-state index in [1.165, 1.54) is 0 Å². The summed E-state index contributed by atoms with van der Waals surface area (Å²) in [4.78, 5) is 24.6. The van der Waals surface area contributed by atoms with Gasteiger partial charge in [0.15, 0.2) is 0 Å². The van der Waals surface area contributed by atoms with Gasteiger partial charge in [-0.2, -0.15) is 0 Å². The average Bonchev–Trinajstić information content (AvgIpc) is 3.17. The van der Waals surface area contributed by atoms with Crippen LogP contribution in [0.3, 0.4) is 0 Å². The topological polar surface area (TPSA) is 69.5 Å². The van der Waals surface area contributed by atoms with Crippen molar-refractivity contribution in [3.8, 4) is 0 Å². The number of hydrogen-bond donors (Lipinski definition) is 1. The van der Waals surface area contributed by atoms with Crippen LogP contribution < -0.4 is 5.32 Å². The van der Waals surface area contributed by atoms with Gasteiger partial charge >= 0.3 is 0 Å². The first-order valence-corrected chi connectivity index (χ1v) is 11.1. The molecule has 0 saturated carbocycles. The average molecular weight is 444 g/mol. The van der Waals surface area contributed by atoms with Crippen molar-refractivity contribution in [1.29, 1.82) is 0 Å². The molecule has 2 atom stereocenters. The predicted octanol–water partition coefficient (Wildman–Crippen LogP) is 3.54. The number of amides is 1. The van der Waals surface area contributed by atoms with Crippen molar-refractivity contribution in [2.24, 2.45) is 9.98 Å². The summed E-state index contributed by atoms with van der Waals surface area (Å²) < 4.78 is 19.3. The summed E-state index contributed by atoms with van der Waals surface area (Å²) in [6.45, 7) is 7.71. The van der Waals surface area contributed by atoms with E-state index >= 15 is 0 Å². The van der Waals surface area contributed by atoms with Crippen molar-refractivity contribution in [2.75, 3.05) is 45.7 Å². The lowest BCUT2D eigenvalue weighted by molar-refractivity contribution is -0.132. The van der Waals surface area contributed by atoms with E-state index in [9.17, 15) is 9.18 Å². The molecule has 0 spiro atoms. The molecule has 2 fully saturated rings. The fourth-order valence-electron chi connectivity index (χ4n) is 4.51. The predicted molar refractivity (Wildman–Crippen MR) is 129 cm³/mol. The van der Waals surface area contributed by atoms with Crippen LogP contribution in [0.25, 0.3) is 5.76 Å². The Balaban J connectivity index is 1.54. The Morgan fingerprint density at radius 2 is 2.12 bits per heavy atom. The Bertz CT molecular complexity index is 864. The highest BCUT2D eigenvalue weighted by Gasteiger charge is 2.35. The van der Waals surface area contributed by atoms with E-state index in [0.29, 0.717) is 19.0 Å². The summed E-state index contributed by atoms with van der Waals surface area (Å²) in [6, 6.07) is 6.07. The quantitative estimate of drug-likeness (QED) is 0.493. The minimum atomic E-state index is -0.967. The lowest BCUT2D eigenvalue weighted by atomic mass is 10.0. The zero-order valence-electron chi connectivity index (χ0n) is 19.3. The Morgan fingerprint density at radius 3 is 2.75 bits per heavy atom. The van der Waals surface area contributed by atoms with Crippen molar-refractivity contribution in [3.63, 3.8) is 0 Å². The monoisotopic (exact) mass is 443 g/mol. The van der Waals surface area contributed by atoms with Crippen LogP contribution in [-0.2, 0) is 9.53 Å². The van der Waals surface area contributed by atoms with Gasteiger partial charge in [0.2, 0.25) is 5.91 Å². The molecule has 3 rings (SSSR count). The smallest absolute Gasteiger partial charge is 0.237 e. The number of alkyl halides is 1. The maximum absolute atomic E-state index is 13.8. The molecule has 32 heavy (non-hydrogen) atoms. The molecule has 0 unspecified atom stereocenters. The van der Waals surface area contributed by atoms with Crippen molar-refractivity contribution >= 4 is 36.0 Å². The van der Waals surface area contributed by atoms with Gasteiger partial charge in [0, 0.05) is 50.1 Å². The molecule has 2 aliphatic rings. The van der Waals surface area contributed by atoms with Gasteiger partial charge in [-0.15, -0.1) is 0 Å². The van der Waals surface area contributed by atoms with Crippen molar-refractivity contribution in [1.82, 2.24) is 9.80 Å². The molecule has 174 valence electrons. The molecule has 2 aliphatic heterocycles. The zero-order valence-corrected chi connectivity index (χ0v) is 19.3. The maximum Gasteiger partial charge on any atom is 0.237 e. The van der Waals surface area contributed by atoms with E-state index in [0.717, 1.165) is 48.6 Å². The number of likely N-dealkylation sites (tertiary alicyclic amines) is 2. The summed E-state index contributed by atoms with van der Waals surface area (Å²) in [6.07, 6.45) is 4.82. The highest BCUT2D eigenvalue weighted by Crippen LogP contribution is 2.30. The molecule has 0 aromatic heterocycles. The van der Waals surface area contributed by atoms with E-state index in [2.05, 4.69) is 26.9 Å². The van der Waals surface area contributed by atoms with Gasteiger partial charge in [-0.05, 0) is 50.8 Å². The molecule has 1 amide bonds. The second-order valence-electron chi connectivity index (χ2n) is 8.30. The molecule has 0 radical (unpaired) electrons. The Morgan fingerprint density at radius 1 is 1.38 bits per heavy atom. The van der Waals surface area contributed by atoms with Gasteiger partial charge in [-0.3, -0.25) is 19.7 Å². The number of ether oxygens (including phenoxy) is 1. The number of hydrogen-bond acceptors (Lipinski definition) is 6. The molecular weight excluding hydrogens is 409 g/mol. The van der Waals surface area contributed by atoms with Crippen LogP contribution in [0.15, 0.2) is 34.3 Å². The number of allylic oxidation sites excluding steroid dienone is 1. The number of methoxy groups -OCH3 is 1. The molecule has 7 nitrogen and oxygen atoms in total. The number of nitrogens with one attached hydrogen (secondary N) is 1. The third-order valence-electron chi connectivity index (χ3n) is 6.17. The fourth-order valence-corrected chi connectivity index (χ4v) is 4.51. The van der Waals surface area contributed by atoms with Crippen LogP contribution in [0.5, 0.6) is 0 Å². The second-order valence-corrected chi connectivity index (χ2v) is 8.30. The Kier molecular flexibility index (Phi) is 8.39. The van der Waals surface area contributed by atoms with Gasteiger partial charge in [0.1, 0.15) is 11.9 Å². The lowest BCUT2D eigenvalue weighted by Crippen LogP contribution is -2.47. The largest absolute Gasteiger partial charge is 0.496 e. The minimum Gasteiger partial charge on any atom is -0.496 e. The molecular formula is C24H34FN5O2. The lowest BCUT2D eigenvalue weighted by Gasteiger charge is -2.34. The van der Waals surface area contributed by atoms with Gasteiger partial charge in [0.25, 0.3) is 0 Å². The van der Waals surface area contributed by atoms with E-state index in [1.807, 2.05) is 31.2 Å². The van der Waals surface area contributed by atoms with Crippen LogP contribution in [0, 0.1) is 0 Å². The number of halogens is 1. The van der Waals surface area contributed by atoms with Crippen molar-refractivity contribution in [2.45, 2.75) is 44.4 Å². The third-order valence-corrected chi connectivity index (χ3v) is 6.17. The molecule has 8 heteroatoms. The van der Waals surface area contributed by atoms with Crippen LogP contribution in [0.4, 0.5) is 15.8 Å². The number of piperidine rings is 1. The number of nitrogens with zero attached hydrogens (tertiary/aromatic N) is 4. The standard InChI is InChI=1S/C24H34FN5O2/c1-5-23(32-4)21-13-19(6-7-22(21)27-3)28-18-8-10-29(11-9-18)16-24(31)30-15-17(25)12-20(30)14-26-2/h5-7,13-14,17-18,20,28H,3,8-12,15-16H2,1-2,4H3/b23-5+,26-14?/t17-,20-/m0/s1. The maximum atomic E-state index is 13.8. The summed E-state index contributed by atoms with van der Waals surface area (Å²) in [7, 11) is 3.30. The van der Waals surface area contributed by atoms with Crippen molar-refractivity contribution < 1.29 is 13.9 Å². The second kappa shape index (κ2) is 11.2. The SMILES string of the molecule is C=Nc1ccc(NC2CCN(CC(=O)N3C[C@@H](F)C[C@H]3C=NC)CC2)cc1/C(=C\C)OC. The van der Waals surface area contributed by atoms with Gasteiger partial charge in [-0.25, -0.2) is 4.39 Å². The summed E-state index contributed by atoms with van der Waals surface area (Å²) in [5.41, 5.74) is 2.69. The van der Waals surface area contributed by atoms with Crippen LogP contribution >= 0.6 is 0 Å². The number of rotatable bonds is 8. The van der Waals surface area contributed by atoms with Crippen LogP contribution in [0.1, 0.15) is 31.7 Å².